The predicted octanol–water partition coefficient (Wildman–Crippen LogP) is 3.71. The van der Waals surface area contributed by atoms with Crippen LogP contribution in [0, 0.1) is 29.1 Å². The van der Waals surface area contributed by atoms with Gasteiger partial charge in [0.2, 0.25) is 0 Å². The zero-order valence-corrected chi connectivity index (χ0v) is 13.4. The van der Waals surface area contributed by atoms with Crippen molar-refractivity contribution in [2.45, 2.75) is 52.9 Å². The normalized spacial score (nSPS) is 35.2. The molecule has 0 aromatic heterocycles. The Bertz CT molecular complexity index is 278. The molecule has 2 nitrogen and oxygen atoms in total. The molecule has 0 amide bonds. The van der Waals surface area contributed by atoms with Crippen LogP contribution in [-0.4, -0.2) is 26.8 Å². The lowest BCUT2D eigenvalue weighted by Gasteiger charge is -2.43. The van der Waals surface area contributed by atoms with Crippen molar-refractivity contribution in [1.29, 1.82) is 0 Å². The van der Waals surface area contributed by atoms with Crippen LogP contribution in [0.3, 0.4) is 0 Å². The first-order valence-corrected chi connectivity index (χ1v) is 8.28. The van der Waals surface area contributed by atoms with Crippen LogP contribution < -0.4 is 5.32 Å². The fraction of sp³-hybridized carbons (Fsp3) is 1.00. The van der Waals surface area contributed by atoms with Crippen molar-refractivity contribution >= 4 is 0 Å². The molecule has 2 bridgehead atoms. The molecule has 0 aromatic carbocycles. The molecule has 0 spiro atoms. The van der Waals surface area contributed by atoms with Gasteiger partial charge in [0.05, 0.1) is 0 Å². The van der Waals surface area contributed by atoms with Crippen LogP contribution >= 0.6 is 0 Å². The highest BCUT2D eigenvalue weighted by Crippen LogP contribution is 2.59. The van der Waals surface area contributed by atoms with Gasteiger partial charge in [-0.05, 0) is 61.3 Å². The van der Waals surface area contributed by atoms with E-state index in [1.165, 1.54) is 38.6 Å². The van der Waals surface area contributed by atoms with Gasteiger partial charge in [0.25, 0.3) is 0 Å². The third-order valence-electron chi connectivity index (χ3n) is 5.77. The summed E-state index contributed by atoms with van der Waals surface area (Å²) in [6.45, 7) is 10.4. The molecule has 4 unspecified atom stereocenters. The minimum absolute atomic E-state index is 0.566. The second-order valence-corrected chi connectivity index (χ2v) is 7.52. The van der Waals surface area contributed by atoms with Crippen molar-refractivity contribution in [3.05, 3.63) is 0 Å². The van der Waals surface area contributed by atoms with Crippen LogP contribution in [0.1, 0.15) is 52.9 Å². The third-order valence-corrected chi connectivity index (χ3v) is 5.77. The van der Waals surface area contributed by atoms with E-state index >= 15 is 0 Å². The molecule has 2 fully saturated rings. The number of hydrogen-bond acceptors (Lipinski definition) is 2. The molecule has 2 heteroatoms. The quantitative estimate of drug-likeness (QED) is 0.724. The lowest BCUT2D eigenvalue weighted by atomic mass is 9.64. The minimum atomic E-state index is 0.566. The highest BCUT2D eigenvalue weighted by atomic mass is 16.5. The molecule has 0 heterocycles. The maximum absolute atomic E-state index is 5.32. The van der Waals surface area contributed by atoms with E-state index in [0.29, 0.717) is 5.41 Å². The number of hydrogen-bond donors (Lipinski definition) is 1. The van der Waals surface area contributed by atoms with Crippen LogP contribution in [0.5, 0.6) is 0 Å². The zero-order valence-electron chi connectivity index (χ0n) is 13.4. The van der Waals surface area contributed by atoms with Gasteiger partial charge in [-0.2, -0.15) is 0 Å². The van der Waals surface area contributed by atoms with Crippen LogP contribution in [0.4, 0.5) is 0 Å². The van der Waals surface area contributed by atoms with Crippen LogP contribution in [0.15, 0.2) is 0 Å². The number of ether oxygens (including phenoxy) is 1. The van der Waals surface area contributed by atoms with Gasteiger partial charge in [0.15, 0.2) is 0 Å². The van der Waals surface area contributed by atoms with E-state index in [4.69, 9.17) is 4.74 Å². The molecule has 1 N–H and O–H groups in total. The Labute approximate surface area is 119 Å². The molecule has 2 aliphatic rings. The predicted molar refractivity (Wildman–Crippen MR) is 81.2 cm³/mol. The summed E-state index contributed by atoms with van der Waals surface area (Å²) in [7, 11) is 1.83. The van der Waals surface area contributed by atoms with Crippen LogP contribution in [0.2, 0.25) is 0 Å². The number of rotatable bonds is 8. The summed E-state index contributed by atoms with van der Waals surface area (Å²) >= 11 is 0. The summed E-state index contributed by atoms with van der Waals surface area (Å²) in [5, 5.41) is 3.77. The molecule has 4 atom stereocenters. The largest absolute Gasteiger partial charge is 0.385 e. The number of methoxy groups -OCH3 is 1. The van der Waals surface area contributed by atoms with Gasteiger partial charge in [-0.25, -0.2) is 0 Å². The van der Waals surface area contributed by atoms with Gasteiger partial charge in [0, 0.05) is 20.3 Å². The molecule has 112 valence electrons. The molecular weight excluding hydrogens is 234 g/mol. The monoisotopic (exact) mass is 267 g/mol. The van der Waals surface area contributed by atoms with Gasteiger partial charge in [0.1, 0.15) is 0 Å². The lowest BCUT2D eigenvalue weighted by Crippen LogP contribution is -2.44. The third kappa shape index (κ3) is 3.33. The van der Waals surface area contributed by atoms with Crippen LogP contribution in [-0.2, 0) is 4.74 Å². The number of fused-ring (bicyclic) bond motifs is 2. The maximum atomic E-state index is 5.32. The Hall–Kier alpha value is -0.0800. The van der Waals surface area contributed by atoms with Gasteiger partial charge in [-0.15, -0.1) is 0 Å². The molecule has 0 aliphatic heterocycles. The molecule has 2 aliphatic carbocycles. The Balaban J connectivity index is 1.97. The van der Waals surface area contributed by atoms with Crippen molar-refractivity contribution < 1.29 is 4.74 Å². The second-order valence-electron chi connectivity index (χ2n) is 7.52. The standard InChI is InChI=1S/C17H33NO/c1-13(2)11-18-12-17(14(3)7-8-19-4)10-15-5-6-16(17)9-15/h13-16,18H,5-12H2,1-4H3. The maximum Gasteiger partial charge on any atom is 0.0465 e. The summed E-state index contributed by atoms with van der Waals surface area (Å²) in [5.74, 6) is 3.55. The first-order valence-electron chi connectivity index (χ1n) is 8.28. The molecular formula is C17H33NO. The van der Waals surface area contributed by atoms with Crippen molar-refractivity contribution in [3.63, 3.8) is 0 Å². The van der Waals surface area contributed by atoms with E-state index < -0.39 is 0 Å². The molecule has 0 saturated heterocycles. The van der Waals surface area contributed by atoms with E-state index in [9.17, 15) is 0 Å². The van der Waals surface area contributed by atoms with E-state index in [1.54, 1.807) is 0 Å². The van der Waals surface area contributed by atoms with Crippen molar-refractivity contribution in [2.75, 3.05) is 26.8 Å². The topological polar surface area (TPSA) is 21.3 Å². The zero-order chi connectivity index (χ0) is 13.9. The second kappa shape index (κ2) is 6.58. The van der Waals surface area contributed by atoms with Crippen molar-refractivity contribution in [2.24, 2.45) is 29.1 Å². The highest BCUT2D eigenvalue weighted by Gasteiger charge is 2.52. The van der Waals surface area contributed by atoms with Gasteiger partial charge in [-0.1, -0.05) is 27.2 Å². The minimum Gasteiger partial charge on any atom is -0.385 e. The number of nitrogens with one attached hydrogen (secondary N) is 1. The van der Waals surface area contributed by atoms with Gasteiger partial charge >= 0.3 is 0 Å². The summed E-state index contributed by atoms with van der Waals surface area (Å²) < 4.78 is 5.32. The summed E-state index contributed by atoms with van der Waals surface area (Å²) in [4.78, 5) is 0. The van der Waals surface area contributed by atoms with E-state index in [0.717, 1.165) is 36.8 Å². The lowest BCUT2D eigenvalue weighted by molar-refractivity contribution is 0.0567. The van der Waals surface area contributed by atoms with Crippen LogP contribution in [0.25, 0.3) is 0 Å². The Morgan fingerprint density at radius 3 is 2.58 bits per heavy atom. The SMILES string of the molecule is COCCC(C)C1(CNCC(C)C)CC2CCC1C2. The van der Waals surface area contributed by atoms with Gasteiger partial charge < -0.3 is 10.1 Å². The Kier molecular flexibility index (Phi) is 5.30. The molecule has 0 radical (unpaired) electrons. The van der Waals surface area contributed by atoms with Crippen molar-refractivity contribution in [1.82, 2.24) is 5.32 Å². The fourth-order valence-electron chi connectivity index (χ4n) is 4.66. The van der Waals surface area contributed by atoms with E-state index in [2.05, 4.69) is 26.1 Å². The smallest absolute Gasteiger partial charge is 0.0465 e. The first kappa shape index (κ1) is 15.3. The Morgan fingerprint density at radius 2 is 2.05 bits per heavy atom. The summed E-state index contributed by atoms with van der Waals surface area (Å²) in [6, 6.07) is 0. The average Bonchev–Trinajstić information content (AvgIpc) is 2.96. The van der Waals surface area contributed by atoms with Crippen molar-refractivity contribution in [3.8, 4) is 0 Å². The van der Waals surface area contributed by atoms with Gasteiger partial charge in [-0.3, -0.25) is 0 Å². The average molecular weight is 267 g/mol. The van der Waals surface area contributed by atoms with E-state index in [-0.39, 0.29) is 0 Å². The fourth-order valence-corrected chi connectivity index (χ4v) is 4.66. The molecule has 2 saturated carbocycles. The Morgan fingerprint density at radius 1 is 1.26 bits per heavy atom. The first-order chi connectivity index (χ1) is 9.08. The molecule has 2 rings (SSSR count). The highest BCUT2D eigenvalue weighted by molar-refractivity contribution is 5.03. The molecule has 0 aromatic rings. The summed E-state index contributed by atoms with van der Waals surface area (Å²) in [6.07, 6.45) is 7.16. The molecule has 19 heavy (non-hydrogen) atoms. The van der Waals surface area contributed by atoms with E-state index in [1.807, 2.05) is 7.11 Å². The summed E-state index contributed by atoms with van der Waals surface area (Å²) in [5.41, 5.74) is 0.566.